The lowest BCUT2D eigenvalue weighted by atomic mass is 10.0. The lowest BCUT2D eigenvalue weighted by Gasteiger charge is -2.25. The predicted octanol–water partition coefficient (Wildman–Crippen LogP) is 3.99. The number of ether oxygens (including phenoxy) is 1. The number of halogens is 3. The molecular weight excluding hydrogens is 449 g/mol. The van der Waals surface area contributed by atoms with Crippen molar-refractivity contribution in [1.29, 1.82) is 0 Å². The molecule has 0 radical (unpaired) electrons. The summed E-state index contributed by atoms with van der Waals surface area (Å²) < 4.78 is 46.4. The van der Waals surface area contributed by atoms with Crippen molar-refractivity contribution < 1.29 is 27.5 Å². The van der Waals surface area contributed by atoms with E-state index in [1.807, 2.05) is 0 Å². The van der Waals surface area contributed by atoms with E-state index in [0.29, 0.717) is 30.8 Å². The van der Waals surface area contributed by atoms with Gasteiger partial charge in [-0.25, -0.2) is 4.68 Å². The van der Waals surface area contributed by atoms with Crippen LogP contribution in [0.1, 0.15) is 40.5 Å². The summed E-state index contributed by atoms with van der Waals surface area (Å²) in [6.45, 7) is 0.571. The molecule has 178 valence electrons. The Balaban J connectivity index is 1.57. The number of carbonyl (C=O) groups excluding carboxylic acids is 2. The molecule has 4 rings (SSSR count). The van der Waals surface area contributed by atoms with Crippen LogP contribution in [0, 0.1) is 0 Å². The number of carbonyl (C=O) groups is 2. The van der Waals surface area contributed by atoms with Crippen LogP contribution in [0.2, 0.25) is 0 Å². The number of hydrogen-bond donors (Lipinski definition) is 1. The van der Waals surface area contributed by atoms with Crippen molar-refractivity contribution in [3.05, 3.63) is 77.6 Å². The van der Waals surface area contributed by atoms with Gasteiger partial charge in [-0.15, -0.1) is 0 Å². The highest BCUT2D eigenvalue weighted by atomic mass is 19.4. The highest BCUT2D eigenvalue weighted by Crippen LogP contribution is 2.31. The Hall–Kier alpha value is -3.82. The monoisotopic (exact) mass is 472 g/mol. The van der Waals surface area contributed by atoms with Crippen LogP contribution in [-0.2, 0) is 11.0 Å². The van der Waals surface area contributed by atoms with Crippen LogP contribution in [0.4, 0.5) is 13.2 Å². The Morgan fingerprint density at radius 1 is 1.18 bits per heavy atom. The molecule has 2 amide bonds. The molecule has 0 saturated carbocycles. The first-order valence-electron chi connectivity index (χ1n) is 10.7. The lowest BCUT2D eigenvalue weighted by molar-refractivity contribution is -0.137. The molecule has 2 aromatic carbocycles. The van der Waals surface area contributed by atoms with Gasteiger partial charge < -0.3 is 15.0 Å². The second-order valence-corrected chi connectivity index (χ2v) is 7.94. The molecule has 1 aliphatic rings. The maximum Gasteiger partial charge on any atom is 0.416 e. The highest BCUT2D eigenvalue weighted by molar-refractivity contribution is 5.92. The molecule has 1 aliphatic heterocycles. The van der Waals surface area contributed by atoms with Gasteiger partial charge in [0.15, 0.2) is 5.69 Å². The summed E-state index contributed by atoms with van der Waals surface area (Å²) in [7, 11) is 1.56. The number of rotatable bonds is 7. The summed E-state index contributed by atoms with van der Waals surface area (Å²) in [5.74, 6) is 0.0330. The zero-order valence-electron chi connectivity index (χ0n) is 18.4. The normalized spacial score (nSPS) is 14.8. The van der Waals surface area contributed by atoms with E-state index in [1.165, 1.54) is 22.9 Å². The van der Waals surface area contributed by atoms with Gasteiger partial charge in [-0.05, 0) is 54.4 Å². The number of hydrogen-bond acceptors (Lipinski definition) is 4. The number of nitrogens with one attached hydrogen (secondary N) is 1. The lowest BCUT2D eigenvalue weighted by Crippen LogP contribution is -2.39. The van der Waals surface area contributed by atoms with E-state index in [-0.39, 0.29) is 23.7 Å². The van der Waals surface area contributed by atoms with Gasteiger partial charge in [-0.2, -0.15) is 18.3 Å². The van der Waals surface area contributed by atoms with Crippen molar-refractivity contribution >= 4 is 11.8 Å². The fraction of sp³-hybridized carbons (Fsp3) is 0.292. The molecule has 2 heterocycles. The molecule has 34 heavy (non-hydrogen) atoms. The van der Waals surface area contributed by atoms with E-state index in [9.17, 15) is 22.8 Å². The maximum absolute atomic E-state index is 13.3. The van der Waals surface area contributed by atoms with Gasteiger partial charge in [0, 0.05) is 25.7 Å². The molecular formula is C24H23F3N4O3. The van der Waals surface area contributed by atoms with Crippen molar-refractivity contribution in [3.63, 3.8) is 0 Å². The largest absolute Gasteiger partial charge is 0.497 e. The Kier molecular flexibility index (Phi) is 6.58. The standard InChI is InChI=1S/C24H23F3N4O3/c1-34-19-9-7-18(8-10-19)31-13-11-20(29-31)23(33)28-21(15-30-12-3-6-22(30)32)16-4-2-5-17(14-16)24(25,26)27/h2,4-5,7-11,13-14,21H,3,6,12,15H2,1H3,(H,28,33). The first-order chi connectivity index (χ1) is 16.2. The van der Waals surface area contributed by atoms with Crippen LogP contribution in [-0.4, -0.2) is 46.7 Å². The van der Waals surface area contributed by atoms with Gasteiger partial charge in [0.1, 0.15) is 5.75 Å². The van der Waals surface area contributed by atoms with Gasteiger partial charge in [0.25, 0.3) is 5.91 Å². The predicted molar refractivity (Wildman–Crippen MR) is 118 cm³/mol. The Morgan fingerprint density at radius 2 is 1.94 bits per heavy atom. The second-order valence-electron chi connectivity index (χ2n) is 7.94. The number of aromatic nitrogens is 2. The smallest absolute Gasteiger partial charge is 0.416 e. The molecule has 7 nitrogen and oxygen atoms in total. The number of alkyl halides is 3. The maximum atomic E-state index is 13.3. The van der Waals surface area contributed by atoms with Crippen molar-refractivity contribution in [1.82, 2.24) is 20.0 Å². The number of amides is 2. The van der Waals surface area contributed by atoms with E-state index >= 15 is 0 Å². The zero-order chi connectivity index (χ0) is 24.3. The minimum atomic E-state index is -4.52. The topological polar surface area (TPSA) is 76.5 Å². The van der Waals surface area contributed by atoms with E-state index in [0.717, 1.165) is 12.1 Å². The van der Waals surface area contributed by atoms with Crippen LogP contribution < -0.4 is 10.1 Å². The van der Waals surface area contributed by atoms with Crippen LogP contribution in [0.3, 0.4) is 0 Å². The van der Waals surface area contributed by atoms with Crippen molar-refractivity contribution in [2.75, 3.05) is 20.2 Å². The Bertz CT molecular complexity index is 1170. The molecule has 0 bridgehead atoms. The van der Waals surface area contributed by atoms with Gasteiger partial charge in [0.05, 0.1) is 24.4 Å². The van der Waals surface area contributed by atoms with Crippen molar-refractivity contribution in [2.45, 2.75) is 25.1 Å². The summed E-state index contributed by atoms with van der Waals surface area (Å²) in [6, 6.07) is 12.5. The fourth-order valence-electron chi connectivity index (χ4n) is 3.84. The van der Waals surface area contributed by atoms with Crippen molar-refractivity contribution in [3.8, 4) is 11.4 Å². The van der Waals surface area contributed by atoms with E-state index in [1.54, 1.807) is 42.5 Å². The third kappa shape index (κ3) is 5.22. The zero-order valence-corrected chi connectivity index (χ0v) is 18.4. The second kappa shape index (κ2) is 9.58. The molecule has 1 aromatic heterocycles. The molecule has 3 aromatic rings. The molecule has 0 aliphatic carbocycles. The number of likely N-dealkylation sites (tertiary alicyclic amines) is 1. The first kappa shape index (κ1) is 23.3. The van der Waals surface area contributed by atoms with Gasteiger partial charge in [-0.1, -0.05) is 12.1 Å². The van der Waals surface area contributed by atoms with E-state index < -0.39 is 23.7 Å². The molecule has 1 atom stereocenters. The van der Waals surface area contributed by atoms with Crippen LogP contribution in [0.25, 0.3) is 5.69 Å². The fourth-order valence-corrected chi connectivity index (χ4v) is 3.84. The van der Waals surface area contributed by atoms with E-state index in [2.05, 4.69) is 10.4 Å². The van der Waals surface area contributed by atoms with Crippen LogP contribution in [0.5, 0.6) is 5.75 Å². The minimum absolute atomic E-state index is 0.0745. The summed E-state index contributed by atoms with van der Waals surface area (Å²) in [5, 5.41) is 7.05. The Labute approximate surface area is 194 Å². The third-order valence-corrected chi connectivity index (χ3v) is 5.65. The van der Waals surface area contributed by atoms with E-state index in [4.69, 9.17) is 4.74 Å². The molecule has 0 spiro atoms. The summed E-state index contributed by atoms with van der Waals surface area (Å²) in [5.41, 5.74) is 0.246. The molecule has 1 fully saturated rings. The highest BCUT2D eigenvalue weighted by Gasteiger charge is 2.32. The minimum Gasteiger partial charge on any atom is -0.497 e. The average molecular weight is 472 g/mol. The molecule has 1 N–H and O–H groups in total. The average Bonchev–Trinajstić information content (AvgIpc) is 3.48. The summed E-state index contributed by atoms with van der Waals surface area (Å²) >= 11 is 0. The molecule has 10 heteroatoms. The summed E-state index contributed by atoms with van der Waals surface area (Å²) in [4.78, 5) is 26.7. The molecule has 1 saturated heterocycles. The van der Waals surface area contributed by atoms with Gasteiger partial charge >= 0.3 is 6.18 Å². The first-order valence-corrected chi connectivity index (χ1v) is 10.7. The SMILES string of the molecule is COc1ccc(-n2ccc(C(=O)NC(CN3CCCC3=O)c3cccc(C(F)(F)F)c3)n2)cc1. The van der Waals surface area contributed by atoms with Crippen LogP contribution >= 0.6 is 0 Å². The van der Waals surface area contributed by atoms with Crippen molar-refractivity contribution in [2.24, 2.45) is 0 Å². The third-order valence-electron chi connectivity index (χ3n) is 5.65. The van der Waals surface area contributed by atoms with Gasteiger partial charge in [-0.3, -0.25) is 9.59 Å². The number of benzene rings is 2. The number of methoxy groups -OCH3 is 1. The Morgan fingerprint density at radius 3 is 2.59 bits per heavy atom. The summed E-state index contributed by atoms with van der Waals surface area (Å²) in [6.07, 6.45) is -1.85. The van der Waals surface area contributed by atoms with Crippen LogP contribution in [0.15, 0.2) is 60.8 Å². The van der Waals surface area contributed by atoms with Gasteiger partial charge in [0.2, 0.25) is 5.91 Å². The number of nitrogens with zero attached hydrogens (tertiary/aromatic N) is 3. The quantitative estimate of drug-likeness (QED) is 0.564. The molecule has 1 unspecified atom stereocenters.